The number of carbonyl (C=O) groups excluding carboxylic acids is 3. The van der Waals surface area contributed by atoms with Gasteiger partial charge >= 0.3 is 6.03 Å². The summed E-state index contributed by atoms with van der Waals surface area (Å²) in [5.41, 5.74) is 3.23. The molecule has 3 aromatic carbocycles. The maximum atomic E-state index is 13.4. The number of ether oxygens (including phenoxy) is 1. The molecule has 1 saturated heterocycles. The Morgan fingerprint density at radius 3 is 2.43 bits per heavy atom. The zero-order chi connectivity index (χ0) is 25.3. The first-order valence-corrected chi connectivity index (χ1v) is 12.4. The standard InChI is InChI=1S/C26H19BrFIN2O4/c1-14-6-15(2)8-19(7-14)31-25(33)20(24(32)30-26(31)34)10-17-11-21(27)23(22(29)12-17)35-13-16-4-3-5-18(28)9-16/h3-12H,13H2,1-2H3,(H,30,32,34)/b20-10+. The number of rotatable bonds is 5. The van der Waals surface area contributed by atoms with E-state index in [1.807, 2.05) is 19.9 Å². The quantitative estimate of drug-likeness (QED) is 0.208. The van der Waals surface area contributed by atoms with E-state index in [-0.39, 0.29) is 18.0 Å². The van der Waals surface area contributed by atoms with Crippen molar-refractivity contribution in [1.82, 2.24) is 5.32 Å². The molecule has 4 amide bonds. The van der Waals surface area contributed by atoms with Crippen LogP contribution in [-0.2, 0) is 16.2 Å². The molecule has 0 unspecified atom stereocenters. The third kappa shape index (κ3) is 5.62. The molecule has 1 aliphatic rings. The highest BCUT2D eigenvalue weighted by molar-refractivity contribution is 14.1. The van der Waals surface area contributed by atoms with Crippen molar-refractivity contribution in [2.45, 2.75) is 20.5 Å². The van der Waals surface area contributed by atoms with Crippen molar-refractivity contribution in [1.29, 1.82) is 0 Å². The Bertz CT molecular complexity index is 1360. The van der Waals surface area contributed by atoms with E-state index in [4.69, 9.17) is 4.74 Å². The summed E-state index contributed by atoms with van der Waals surface area (Å²) in [5.74, 6) is -1.27. The van der Waals surface area contributed by atoms with E-state index in [0.29, 0.717) is 30.6 Å². The molecule has 1 aliphatic heterocycles. The molecular weight excluding hydrogens is 630 g/mol. The fraction of sp³-hybridized carbons (Fsp3) is 0.115. The summed E-state index contributed by atoms with van der Waals surface area (Å²) in [7, 11) is 0. The largest absolute Gasteiger partial charge is 0.487 e. The molecule has 0 radical (unpaired) electrons. The summed E-state index contributed by atoms with van der Waals surface area (Å²) in [6, 6.07) is 14.1. The topological polar surface area (TPSA) is 75.7 Å². The van der Waals surface area contributed by atoms with E-state index in [1.54, 1.807) is 36.4 Å². The zero-order valence-corrected chi connectivity index (χ0v) is 22.4. The summed E-state index contributed by atoms with van der Waals surface area (Å²) < 4.78 is 20.6. The SMILES string of the molecule is Cc1cc(C)cc(N2C(=O)NC(=O)/C(=C\c3cc(Br)c(OCc4cccc(F)c4)c(I)c3)C2=O)c1. The van der Waals surface area contributed by atoms with Crippen molar-refractivity contribution in [3.63, 3.8) is 0 Å². The van der Waals surface area contributed by atoms with Gasteiger partial charge in [0.2, 0.25) is 0 Å². The molecule has 178 valence electrons. The number of nitrogens with one attached hydrogen (secondary N) is 1. The lowest BCUT2D eigenvalue weighted by Gasteiger charge is -2.27. The molecule has 0 atom stereocenters. The molecule has 6 nitrogen and oxygen atoms in total. The van der Waals surface area contributed by atoms with Gasteiger partial charge in [0.25, 0.3) is 11.8 Å². The predicted molar refractivity (Wildman–Crippen MR) is 143 cm³/mol. The summed E-state index contributed by atoms with van der Waals surface area (Å²) in [6.07, 6.45) is 1.43. The lowest BCUT2D eigenvalue weighted by atomic mass is 10.1. The minimum Gasteiger partial charge on any atom is -0.487 e. The molecular formula is C26H19BrFIN2O4. The van der Waals surface area contributed by atoms with E-state index in [2.05, 4.69) is 43.8 Å². The molecule has 4 rings (SSSR count). The van der Waals surface area contributed by atoms with Crippen LogP contribution in [-0.4, -0.2) is 17.8 Å². The monoisotopic (exact) mass is 648 g/mol. The van der Waals surface area contributed by atoms with Crippen LogP contribution in [0.4, 0.5) is 14.9 Å². The molecule has 0 saturated carbocycles. The maximum absolute atomic E-state index is 13.4. The van der Waals surface area contributed by atoms with E-state index in [1.165, 1.54) is 18.2 Å². The number of imide groups is 2. The minimum absolute atomic E-state index is 0.167. The van der Waals surface area contributed by atoms with Gasteiger partial charge < -0.3 is 4.74 Å². The number of urea groups is 1. The number of hydrogen-bond donors (Lipinski definition) is 1. The third-order valence-electron chi connectivity index (χ3n) is 5.17. The molecule has 9 heteroatoms. The highest BCUT2D eigenvalue weighted by atomic mass is 127. The number of barbiturate groups is 1. The number of aryl methyl sites for hydroxylation is 2. The number of hydrogen-bond acceptors (Lipinski definition) is 4. The van der Waals surface area contributed by atoms with Crippen LogP contribution < -0.4 is 15.0 Å². The van der Waals surface area contributed by atoms with Crippen LogP contribution >= 0.6 is 38.5 Å². The lowest BCUT2D eigenvalue weighted by Crippen LogP contribution is -2.54. The number of halogens is 3. The number of anilines is 1. The summed E-state index contributed by atoms with van der Waals surface area (Å²) in [4.78, 5) is 39.2. The van der Waals surface area contributed by atoms with Crippen LogP contribution in [0.1, 0.15) is 22.3 Å². The van der Waals surface area contributed by atoms with Crippen LogP contribution in [0, 0.1) is 23.2 Å². The first-order valence-electron chi connectivity index (χ1n) is 10.5. The second-order valence-electron chi connectivity index (χ2n) is 8.04. The summed E-state index contributed by atoms with van der Waals surface area (Å²) in [6.45, 7) is 3.89. The van der Waals surface area contributed by atoms with Gasteiger partial charge in [0.05, 0.1) is 13.7 Å². The van der Waals surface area contributed by atoms with Crippen LogP contribution in [0.15, 0.2) is 64.6 Å². The first kappa shape index (κ1) is 25.1. The fourth-order valence-electron chi connectivity index (χ4n) is 3.72. The van der Waals surface area contributed by atoms with E-state index >= 15 is 0 Å². The van der Waals surface area contributed by atoms with Crippen LogP contribution in [0.25, 0.3) is 6.08 Å². The lowest BCUT2D eigenvalue weighted by molar-refractivity contribution is -0.122. The van der Waals surface area contributed by atoms with Gasteiger partial charge in [0.1, 0.15) is 23.7 Å². The second kappa shape index (κ2) is 10.3. The zero-order valence-electron chi connectivity index (χ0n) is 18.7. The average molecular weight is 649 g/mol. The van der Waals surface area contributed by atoms with Crippen LogP contribution in [0.2, 0.25) is 0 Å². The number of benzene rings is 3. The second-order valence-corrected chi connectivity index (χ2v) is 10.1. The van der Waals surface area contributed by atoms with E-state index in [0.717, 1.165) is 16.0 Å². The summed E-state index contributed by atoms with van der Waals surface area (Å²) >= 11 is 5.55. The Balaban J connectivity index is 1.62. The highest BCUT2D eigenvalue weighted by Crippen LogP contribution is 2.34. The minimum atomic E-state index is -0.793. The van der Waals surface area contributed by atoms with Crippen molar-refractivity contribution in [3.05, 3.63) is 96.3 Å². The Kier molecular flexibility index (Phi) is 7.36. The Morgan fingerprint density at radius 2 is 1.77 bits per heavy atom. The molecule has 3 aromatic rings. The van der Waals surface area contributed by atoms with Crippen molar-refractivity contribution < 1.29 is 23.5 Å². The normalized spacial score (nSPS) is 14.9. The smallest absolute Gasteiger partial charge is 0.335 e. The van der Waals surface area contributed by atoms with Gasteiger partial charge in [-0.1, -0.05) is 18.2 Å². The van der Waals surface area contributed by atoms with Gasteiger partial charge in [-0.3, -0.25) is 14.9 Å². The summed E-state index contributed by atoms with van der Waals surface area (Å²) in [5, 5.41) is 2.24. The third-order valence-corrected chi connectivity index (χ3v) is 6.56. The Hall–Kier alpha value is -3.05. The van der Waals surface area contributed by atoms with Gasteiger partial charge in [0.15, 0.2) is 0 Å². The molecule has 1 fully saturated rings. The highest BCUT2D eigenvalue weighted by Gasteiger charge is 2.37. The molecule has 0 bridgehead atoms. The van der Waals surface area contributed by atoms with Gasteiger partial charge in [-0.05, 0) is 117 Å². The molecule has 1 N–H and O–H groups in total. The molecule has 0 spiro atoms. The van der Waals surface area contributed by atoms with Crippen molar-refractivity contribution >= 4 is 68.1 Å². The van der Waals surface area contributed by atoms with Crippen LogP contribution in [0.5, 0.6) is 5.75 Å². The molecule has 1 heterocycles. The van der Waals surface area contributed by atoms with E-state index < -0.39 is 17.8 Å². The predicted octanol–water partition coefficient (Wildman–Crippen LogP) is 6.06. The number of carbonyl (C=O) groups is 3. The van der Waals surface area contributed by atoms with E-state index in [9.17, 15) is 18.8 Å². The Morgan fingerprint density at radius 1 is 1.06 bits per heavy atom. The van der Waals surface area contributed by atoms with Crippen molar-refractivity contribution in [2.75, 3.05) is 4.90 Å². The van der Waals surface area contributed by atoms with Crippen molar-refractivity contribution in [2.24, 2.45) is 0 Å². The van der Waals surface area contributed by atoms with Gasteiger partial charge in [0, 0.05) is 0 Å². The van der Waals surface area contributed by atoms with Crippen molar-refractivity contribution in [3.8, 4) is 5.75 Å². The Labute approximate surface area is 223 Å². The first-order chi connectivity index (χ1) is 16.6. The number of nitrogens with zero attached hydrogens (tertiary/aromatic N) is 1. The molecule has 0 aliphatic carbocycles. The average Bonchev–Trinajstić information content (AvgIpc) is 2.75. The molecule has 0 aromatic heterocycles. The number of amides is 4. The van der Waals surface area contributed by atoms with Gasteiger partial charge in [-0.2, -0.15) is 0 Å². The molecule has 35 heavy (non-hydrogen) atoms. The van der Waals surface area contributed by atoms with Gasteiger partial charge in [-0.15, -0.1) is 0 Å². The fourth-order valence-corrected chi connectivity index (χ4v) is 5.49. The van der Waals surface area contributed by atoms with Gasteiger partial charge in [-0.25, -0.2) is 14.1 Å². The van der Waals surface area contributed by atoms with Crippen LogP contribution in [0.3, 0.4) is 0 Å². The maximum Gasteiger partial charge on any atom is 0.335 e.